The van der Waals surface area contributed by atoms with Crippen molar-refractivity contribution in [2.24, 2.45) is 5.73 Å². The van der Waals surface area contributed by atoms with Gasteiger partial charge < -0.3 is 10.5 Å². The van der Waals surface area contributed by atoms with Gasteiger partial charge in [0.2, 0.25) is 5.88 Å². The van der Waals surface area contributed by atoms with Crippen LogP contribution in [-0.2, 0) is 6.42 Å². The Bertz CT molecular complexity index is 276. The molecule has 0 aliphatic carbocycles. The molecular weight excluding hydrogens is 176 g/mol. The van der Waals surface area contributed by atoms with Gasteiger partial charge >= 0.3 is 0 Å². The molecule has 0 amide bonds. The molecule has 3 nitrogen and oxygen atoms in total. The van der Waals surface area contributed by atoms with Crippen LogP contribution in [0, 0.1) is 0 Å². The monoisotopic (exact) mass is 194 g/mol. The van der Waals surface area contributed by atoms with Crippen molar-refractivity contribution < 1.29 is 4.74 Å². The van der Waals surface area contributed by atoms with Gasteiger partial charge in [-0.05, 0) is 19.4 Å². The zero-order valence-electron chi connectivity index (χ0n) is 8.86. The number of ether oxygens (including phenoxy) is 1. The molecule has 1 rings (SSSR count). The van der Waals surface area contributed by atoms with Gasteiger partial charge in [0, 0.05) is 24.2 Å². The van der Waals surface area contributed by atoms with Crippen LogP contribution in [0.5, 0.6) is 5.88 Å². The Balaban J connectivity index is 2.63. The highest BCUT2D eigenvalue weighted by Gasteiger charge is 2.03. The average Bonchev–Trinajstić information content (AvgIpc) is 2.19. The van der Waals surface area contributed by atoms with E-state index in [0.717, 1.165) is 18.5 Å². The molecule has 1 unspecified atom stereocenters. The normalized spacial score (nSPS) is 12.5. The number of rotatable bonds is 5. The zero-order valence-corrected chi connectivity index (χ0v) is 8.86. The smallest absolute Gasteiger partial charge is 0.213 e. The summed E-state index contributed by atoms with van der Waals surface area (Å²) >= 11 is 0. The minimum Gasteiger partial charge on any atom is -0.478 e. The molecule has 1 aromatic rings. The standard InChI is InChI=1S/C11H18N2O/c1-3-9(12)8-10-6-5-7-11(13-10)14-4-2/h5-7,9H,3-4,8,12H2,1-2H3. The highest BCUT2D eigenvalue weighted by molar-refractivity contribution is 5.16. The van der Waals surface area contributed by atoms with Gasteiger partial charge in [0.25, 0.3) is 0 Å². The fourth-order valence-corrected chi connectivity index (χ4v) is 1.21. The van der Waals surface area contributed by atoms with Gasteiger partial charge in [0.05, 0.1) is 6.61 Å². The lowest BCUT2D eigenvalue weighted by Gasteiger charge is -2.09. The predicted molar refractivity (Wildman–Crippen MR) is 57.4 cm³/mol. The molecule has 0 aliphatic rings. The van der Waals surface area contributed by atoms with E-state index in [4.69, 9.17) is 10.5 Å². The molecule has 0 bridgehead atoms. The highest BCUT2D eigenvalue weighted by Crippen LogP contribution is 2.09. The van der Waals surface area contributed by atoms with Gasteiger partial charge in [-0.3, -0.25) is 0 Å². The van der Waals surface area contributed by atoms with Crippen molar-refractivity contribution in [3.63, 3.8) is 0 Å². The molecule has 78 valence electrons. The number of hydrogen-bond acceptors (Lipinski definition) is 3. The third kappa shape index (κ3) is 3.34. The van der Waals surface area contributed by atoms with Gasteiger partial charge in [-0.2, -0.15) is 0 Å². The molecule has 0 aromatic carbocycles. The first-order valence-corrected chi connectivity index (χ1v) is 5.10. The van der Waals surface area contributed by atoms with Crippen LogP contribution in [0.4, 0.5) is 0 Å². The topological polar surface area (TPSA) is 48.1 Å². The summed E-state index contributed by atoms with van der Waals surface area (Å²) < 4.78 is 5.31. The van der Waals surface area contributed by atoms with Crippen molar-refractivity contribution in [3.8, 4) is 5.88 Å². The van der Waals surface area contributed by atoms with E-state index in [0.29, 0.717) is 12.5 Å². The van der Waals surface area contributed by atoms with E-state index >= 15 is 0 Å². The molecule has 0 saturated heterocycles. The number of pyridine rings is 1. The lowest BCUT2D eigenvalue weighted by atomic mass is 10.1. The molecule has 1 atom stereocenters. The maximum atomic E-state index is 5.85. The summed E-state index contributed by atoms with van der Waals surface area (Å²) in [7, 11) is 0. The van der Waals surface area contributed by atoms with E-state index in [1.165, 1.54) is 0 Å². The number of hydrogen-bond donors (Lipinski definition) is 1. The number of nitrogens with two attached hydrogens (primary N) is 1. The maximum Gasteiger partial charge on any atom is 0.213 e. The SMILES string of the molecule is CCOc1cccc(CC(N)CC)n1. The van der Waals surface area contributed by atoms with Crippen LogP contribution in [0.25, 0.3) is 0 Å². The van der Waals surface area contributed by atoms with Gasteiger partial charge in [-0.15, -0.1) is 0 Å². The van der Waals surface area contributed by atoms with Crippen LogP contribution >= 0.6 is 0 Å². The third-order valence-electron chi connectivity index (χ3n) is 2.07. The van der Waals surface area contributed by atoms with Gasteiger partial charge in [0.15, 0.2) is 0 Å². The Morgan fingerprint density at radius 3 is 2.86 bits per heavy atom. The summed E-state index contributed by atoms with van der Waals surface area (Å²) in [4.78, 5) is 4.35. The van der Waals surface area contributed by atoms with E-state index in [1.807, 2.05) is 25.1 Å². The Morgan fingerprint density at radius 1 is 1.43 bits per heavy atom. The first-order valence-electron chi connectivity index (χ1n) is 5.10. The van der Waals surface area contributed by atoms with Gasteiger partial charge in [-0.1, -0.05) is 13.0 Å². The Kier molecular flexibility index (Phi) is 4.40. The molecule has 0 radical (unpaired) electrons. The van der Waals surface area contributed by atoms with E-state index in [1.54, 1.807) is 0 Å². The Morgan fingerprint density at radius 2 is 2.21 bits per heavy atom. The molecule has 14 heavy (non-hydrogen) atoms. The molecule has 0 spiro atoms. The summed E-state index contributed by atoms with van der Waals surface area (Å²) in [5.41, 5.74) is 6.85. The van der Waals surface area contributed by atoms with Crippen molar-refractivity contribution in [1.29, 1.82) is 0 Å². The Hall–Kier alpha value is -1.09. The minimum atomic E-state index is 0.194. The van der Waals surface area contributed by atoms with E-state index in [9.17, 15) is 0 Å². The second-order valence-electron chi connectivity index (χ2n) is 3.27. The van der Waals surface area contributed by atoms with Crippen molar-refractivity contribution in [2.45, 2.75) is 32.7 Å². The van der Waals surface area contributed by atoms with Crippen LogP contribution < -0.4 is 10.5 Å². The van der Waals surface area contributed by atoms with Crippen molar-refractivity contribution in [3.05, 3.63) is 23.9 Å². The third-order valence-corrected chi connectivity index (χ3v) is 2.07. The van der Waals surface area contributed by atoms with E-state index < -0.39 is 0 Å². The van der Waals surface area contributed by atoms with E-state index in [-0.39, 0.29) is 6.04 Å². The molecule has 1 aromatic heterocycles. The summed E-state index contributed by atoms with van der Waals surface area (Å²) in [5, 5.41) is 0. The summed E-state index contributed by atoms with van der Waals surface area (Å²) in [6.45, 7) is 4.68. The molecule has 0 fully saturated rings. The second kappa shape index (κ2) is 5.60. The first kappa shape index (κ1) is 11.0. The highest BCUT2D eigenvalue weighted by atomic mass is 16.5. The minimum absolute atomic E-state index is 0.194. The van der Waals surface area contributed by atoms with Crippen molar-refractivity contribution in [2.75, 3.05) is 6.61 Å². The molecular formula is C11H18N2O. The van der Waals surface area contributed by atoms with Crippen LogP contribution in [0.2, 0.25) is 0 Å². The fourth-order valence-electron chi connectivity index (χ4n) is 1.21. The maximum absolute atomic E-state index is 5.85. The fraction of sp³-hybridized carbons (Fsp3) is 0.545. The molecule has 2 N–H and O–H groups in total. The molecule has 3 heteroatoms. The first-order chi connectivity index (χ1) is 6.76. The van der Waals surface area contributed by atoms with Crippen LogP contribution in [-0.4, -0.2) is 17.6 Å². The van der Waals surface area contributed by atoms with Crippen LogP contribution in [0.1, 0.15) is 26.0 Å². The number of aromatic nitrogens is 1. The summed E-state index contributed by atoms with van der Waals surface area (Å²) in [6.07, 6.45) is 1.79. The number of nitrogens with zero attached hydrogens (tertiary/aromatic N) is 1. The predicted octanol–water partition coefficient (Wildman–Crippen LogP) is 1.76. The van der Waals surface area contributed by atoms with Crippen LogP contribution in [0.3, 0.4) is 0 Å². The Labute approximate surface area is 85.3 Å². The average molecular weight is 194 g/mol. The quantitative estimate of drug-likeness (QED) is 0.777. The summed E-state index contributed by atoms with van der Waals surface area (Å²) in [6, 6.07) is 6.00. The van der Waals surface area contributed by atoms with Crippen LogP contribution in [0.15, 0.2) is 18.2 Å². The van der Waals surface area contributed by atoms with E-state index in [2.05, 4.69) is 11.9 Å². The van der Waals surface area contributed by atoms with Gasteiger partial charge in [0.1, 0.15) is 0 Å². The van der Waals surface area contributed by atoms with Gasteiger partial charge in [-0.25, -0.2) is 4.98 Å². The molecule has 1 heterocycles. The summed E-state index contributed by atoms with van der Waals surface area (Å²) in [5.74, 6) is 0.688. The molecule has 0 saturated carbocycles. The van der Waals surface area contributed by atoms with Crippen molar-refractivity contribution >= 4 is 0 Å². The lowest BCUT2D eigenvalue weighted by molar-refractivity contribution is 0.325. The molecule has 0 aliphatic heterocycles. The lowest BCUT2D eigenvalue weighted by Crippen LogP contribution is -2.21. The van der Waals surface area contributed by atoms with Crippen molar-refractivity contribution in [1.82, 2.24) is 4.98 Å². The largest absolute Gasteiger partial charge is 0.478 e. The zero-order chi connectivity index (χ0) is 10.4. The second-order valence-corrected chi connectivity index (χ2v) is 3.27.